The Kier molecular flexibility index (Phi) is 8.31. The number of benzene rings is 1. The molecule has 0 saturated carbocycles. The van der Waals surface area contributed by atoms with Crippen LogP contribution in [0.2, 0.25) is 0 Å². The first kappa shape index (κ1) is 19.5. The molecule has 1 aromatic rings. The number of carboxylic acids is 2. The average Bonchev–Trinajstić information content (AvgIpc) is 2.55. The van der Waals surface area contributed by atoms with E-state index in [1.165, 1.54) is 12.1 Å². The summed E-state index contributed by atoms with van der Waals surface area (Å²) in [7, 11) is 0. The molecule has 8 heteroatoms. The number of aliphatic hydroxyl groups excluding tert-OH is 2. The molecule has 0 amide bonds. The van der Waals surface area contributed by atoms with Crippen molar-refractivity contribution in [2.75, 3.05) is 26.4 Å². The summed E-state index contributed by atoms with van der Waals surface area (Å²) in [6.45, 7) is -0.290. The van der Waals surface area contributed by atoms with Gasteiger partial charge in [-0.25, -0.2) is 9.59 Å². The highest BCUT2D eigenvalue weighted by atomic mass is 16.5. The Morgan fingerprint density at radius 3 is 2.12 bits per heavy atom. The molecule has 8 nitrogen and oxygen atoms in total. The van der Waals surface area contributed by atoms with E-state index in [1.54, 1.807) is 12.1 Å². The molecule has 0 heterocycles. The van der Waals surface area contributed by atoms with Crippen LogP contribution >= 0.6 is 0 Å². The zero-order valence-corrected chi connectivity index (χ0v) is 13.0. The zero-order valence-electron chi connectivity index (χ0n) is 13.0. The van der Waals surface area contributed by atoms with Gasteiger partial charge in [0.15, 0.2) is 0 Å². The first-order valence-electron chi connectivity index (χ1n) is 7.30. The van der Waals surface area contributed by atoms with Gasteiger partial charge in [-0.3, -0.25) is 0 Å². The maximum Gasteiger partial charge on any atom is 0.372 e. The molecule has 0 radical (unpaired) electrons. The minimum Gasteiger partial charge on any atom is -0.493 e. The molecule has 0 atom stereocenters. The van der Waals surface area contributed by atoms with Crippen molar-refractivity contribution >= 4 is 17.5 Å². The van der Waals surface area contributed by atoms with Crippen molar-refractivity contribution < 1.29 is 39.5 Å². The van der Waals surface area contributed by atoms with Crippen molar-refractivity contribution in [2.24, 2.45) is 0 Å². The predicted octanol–water partition coefficient (Wildman–Crippen LogP) is 0.727. The largest absolute Gasteiger partial charge is 0.493 e. The Bertz CT molecular complexity index is 593. The highest BCUT2D eigenvalue weighted by Gasteiger charge is 2.26. The molecule has 0 fully saturated rings. The first-order chi connectivity index (χ1) is 11.5. The fraction of sp³-hybridized carbons (Fsp3) is 0.375. The van der Waals surface area contributed by atoms with E-state index in [0.29, 0.717) is 6.42 Å². The van der Waals surface area contributed by atoms with E-state index in [1.807, 2.05) is 0 Å². The van der Waals surface area contributed by atoms with Gasteiger partial charge >= 0.3 is 11.9 Å². The Labute approximate surface area is 138 Å². The number of carbonyl (C=O) groups is 2. The summed E-state index contributed by atoms with van der Waals surface area (Å²) in [4.78, 5) is 23.0. The Hall–Kier alpha value is -2.58. The van der Waals surface area contributed by atoms with Crippen LogP contribution in [-0.4, -0.2) is 58.8 Å². The minimum atomic E-state index is -1.53. The van der Waals surface area contributed by atoms with E-state index >= 15 is 0 Å². The standard InChI is InChI=1S/C16H20O8/c17-7-3-9-23-12-6-2-1-5-11(12)13(15(19)20)14(16(21)22)24-10-4-8-18/h1-2,5-6,17-18H,3-4,7-10H2,(H,19,20)(H,21,22). The molecular weight excluding hydrogens is 320 g/mol. The van der Waals surface area contributed by atoms with E-state index in [9.17, 15) is 19.8 Å². The molecule has 1 rings (SSSR count). The van der Waals surface area contributed by atoms with E-state index in [4.69, 9.17) is 19.7 Å². The van der Waals surface area contributed by atoms with Gasteiger partial charge in [0.1, 0.15) is 11.3 Å². The maximum atomic E-state index is 11.6. The first-order valence-corrected chi connectivity index (χ1v) is 7.30. The number of aliphatic carboxylic acids is 2. The molecule has 0 aliphatic heterocycles. The molecule has 0 aromatic heterocycles. The van der Waals surface area contributed by atoms with E-state index in [2.05, 4.69) is 0 Å². The van der Waals surface area contributed by atoms with Crippen LogP contribution in [0.15, 0.2) is 30.0 Å². The molecule has 0 bridgehead atoms. The van der Waals surface area contributed by atoms with Crippen LogP contribution in [0.4, 0.5) is 0 Å². The molecule has 0 spiro atoms. The summed E-state index contributed by atoms with van der Waals surface area (Å²) >= 11 is 0. The molecule has 132 valence electrons. The zero-order chi connectivity index (χ0) is 17.9. The van der Waals surface area contributed by atoms with Crippen molar-refractivity contribution in [1.29, 1.82) is 0 Å². The quantitative estimate of drug-likeness (QED) is 0.263. The van der Waals surface area contributed by atoms with Gasteiger partial charge in [-0.1, -0.05) is 18.2 Å². The van der Waals surface area contributed by atoms with Crippen LogP contribution in [0.25, 0.3) is 5.57 Å². The smallest absolute Gasteiger partial charge is 0.372 e. The Morgan fingerprint density at radius 1 is 0.917 bits per heavy atom. The number of para-hydroxylation sites is 1. The third kappa shape index (κ3) is 5.56. The summed E-state index contributed by atoms with van der Waals surface area (Å²) in [5.74, 6) is -3.56. The lowest BCUT2D eigenvalue weighted by Crippen LogP contribution is -2.15. The van der Waals surface area contributed by atoms with Crippen molar-refractivity contribution in [1.82, 2.24) is 0 Å². The van der Waals surface area contributed by atoms with Gasteiger partial charge in [0.25, 0.3) is 0 Å². The third-order valence-corrected chi connectivity index (χ3v) is 2.90. The van der Waals surface area contributed by atoms with Gasteiger partial charge in [0.2, 0.25) is 5.76 Å². The number of hydrogen-bond acceptors (Lipinski definition) is 6. The second kappa shape index (κ2) is 10.2. The van der Waals surface area contributed by atoms with Gasteiger partial charge in [-0.05, 0) is 6.07 Å². The van der Waals surface area contributed by atoms with Crippen molar-refractivity contribution in [3.8, 4) is 5.75 Å². The second-order valence-electron chi connectivity index (χ2n) is 4.66. The van der Waals surface area contributed by atoms with Crippen molar-refractivity contribution in [2.45, 2.75) is 12.8 Å². The highest BCUT2D eigenvalue weighted by molar-refractivity contribution is 6.21. The van der Waals surface area contributed by atoms with Crippen LogP contribution < -0.4 is 4.74 Å². The molecular formula is C16H20O8. The van der Waals surface area contributed by atoms with Crippen LogP contribution in [0.3, 0.4) is 0 Å². The number of hydrogen-bond donors (Lipinski definition) is 4. The van der Waals surface area contributed by atoms with Crippen LogP contribution in [0, 0.1) is 0 Å². The summed E-state index contributed by atoms with van der Waals surface area (Å²) in [5.41, 5.74) is -0.482. The maximum absolute atomic E-state index is 11.6. The summed E-state index contributed by atoms with van der Waals surface area (Å²) < 4.78 is 10.5. The van der Waals surface area contributed by atoms with Crippen molar-refractivity contribution in [3.63, 3.8) is 0 Å². The predicted molar refractivity (Wildman–Crippen MR) is 83.5 cm³/mol. The highest BCUT2D eigenvalue weighted by Crippen LogP contribution is 2.29. The van der Waals surface area contributed by atoms with Crippen LogP contribution in [-0.2, 0) is 14.3 Å². The monoisotopic (exact) mass is 340 g/mol. The topological polar surface area (TPSA) is 134 Å². The summed E-state index contributed by atoms with van der Waals surface area (Å²) in [5, 5.41) is 36.3. The van der Waals surface area contributed by atoms with Crippen LogP contribution in [0.5, 0.6) is 5.75 Å². The Morgan fingerprint density at radius 2 is 1.54 bits per heavy atom. The molecule has 0 aliphatic rings. The van der Waals surface area contributed by atoms with Gasteiger partial charge in [0.05, 0.1) is 13.2 Å². The number of carboxylic acid groups (broad SMARTS) is 2. The van der Waals surface area contributed by atoms with Gasteiger partial charge < -0.3 is 29.9 Å². The molecule has 4 N–H and O–H groups in total. The normalized spacial score (nSPS) is 11.6. The van der Waals surface area contributed by atoms with E-state index in [0.717, 1.165) is 0 Å². The number of aliphatic hydroxyl groups is 2. The lowest BCUT2D eigenvalue weighted by atomic mass is 10.0. The van der Waals surface area contributed by atoms with Crippen LogP contribution in [0.1, 0.15) is 18.4 Å². The van der Waals surface area contributed by atoms with Gasteiger partial charge in [-0.2, -0.15) is 0 Å². The molecule has 0 aliphatic carbocycles. The van der Waals surface area contributed by atoms with E-state index in [-0.39, 0.29) is 44.2 Å². The second-order valence-corrected chi connectivity index (χ2v) is 4.66. The number of ether oxygens (including phenoxy) is 2. The molecule has 24 heavy (non-hydrogen) atoms. The van der Waals surface area contributed by atoms with Gasteiger partial charge in [-0.15, -0.1) is 0 Å². The molecule has 1 aromatic carbocycles. The number of rotatable bonds is 11. The molecule has 0 saturated heterocycles. The fourth-order valence-corrected chi connectivity index (χ4v) is 1.86. The lowest BCUT2D eigenvalue weighted by Gasteiger charge is -2.14. The van der Waals surface area contributed by atoms with Gasteiger partial charge in [0, 0.05) is 31.6 Å². The summed E-state index contributed by atoms with van der Waals surface area (Å²) in [6.07, 6.45) is 0.511. The Balaban J connectivity index is 3.29. The lowest BCUT2D eigenvalue weighted by molar-refractivity contribution is -0.138. The SMILES string of the molecule is O=C(O)C(OCCCO)=C(C(=O)O)c1ccccc1OCCCO. The average molecular weight is 340 g/mol. The van der Waals surface area contributed by atoms with Crippen molar-refractivity contribution in [3.05, 3.63) is 35.6 Å². The van der Waals surface area contributed by atoms with E-state index < -0.39 is 23.3 Å². The summed E-state index contributed by atoms with van der Waals surface area (Å²) in [6, 6.07) is 6.08. The fourth-order valence-electron chi connectivity index (χ4n) is 1.86. The minimum absolute atomic E-state index is 0.0596. The molecule has 0 unspecified atom stereocenters. The third-order valence-electron chi connectivity index (χ3n) is 2.90.